The Morgan fingerprint density at radius 1 is 1.46 bits per heavy atom. The predicted octanol–water partition coefficient (Wildman–Crippen LogP) is 1.46. The van der Waals surface area contributed by atoms with Crippen LogP contribution in [0.1, 0.15) is 17.5 Å². The molecule has 0 fully saturated rings. The highest BCUT2D eigenvalue weighted by Gasteiger charge is 2.02. The molecular weight excluding hydrogens is 166 g/mol. The van der Waals surface area contributed by atoms with E-state index in [2.05, 4.69) is 4.98 Å². The van der Waals surface area contributed by atoms with Crippen LogP contribution in [0.25, 0.3) is 0 Å². The molecule has 3 nitrogen and oxygen atoms in total. The van der Waals surface area contributed by atoms with E-state index in [1.807, 2.05) is 19.9 Å². The second kappa shape index (κ2) is 4.82. The number of aromatic nitrogens is 1. The van der Waals surface area contributed by atoms with Crippen molar-refractivity contribution < 1.29 is 9.84 Å². The van der Waals surface area contributed by atoms with Gasteiger partial charge in [-0.05, 0) is 25.5 Å². The number of nitrogens with zero attached hydrogens (tertiary/aromatic N) is 1. The molecule has 0 unspecified atom stereocenters. The number of pyridine rings is 1. The lowest BCUT2D eigenvalue weighted by atomic mass is 10.2. The molecule has 0 aliphatic heterocycles. The van der Waals surface area contributed by atoms with Gasteiger partial charge in [0.2, 0.25) is 5.88 Å². The summed E-state index contributed by atoms with van der Waals surface area (Å²) in [6.45, 7) is 4.69. The Bertz CT molecular complexity index is 274. The van der Waals surface area contributed by atoms with Crippen LogP contribution in [0, 0.1) is 13.8 Å². The largest absolute Gasteiger partial charge is 0.477 e. The lowest BCUT2D eigenvalue weighted by molar-refractivity contribution is 0.228. The Morgan fingerprint density at radius 2 is 2.23 bits per heavy atom. The van der Waals surface area contributed by atoms with Gasteiger partial charge in [-0.3, -0.25) is 0 Å². The number of aliphatic hydroxyl groups is 1. The molecule has 0 saturated heterocycles. The minimum atomic E-state index is 0.158. The lowest BCUT2D eigenvalue weighted by Crippen LogP contribution is -2.03. The Hall–Kier alpha value is -1.09. The monoisotopic (exact) mass is 181 g/mol. The molecule has 0 aliphatic rings. The molecule has 1 N–H and O–H groups in total. The van der Waals surface area contributed by atoms with Gasteiger partial charge in [0.15, 0.2) is 0 Å². The molecule has 0 atom stereocenters. The first-order chi connectivity index (χ1) is 6.25. The second-order valence-corrected chi connectivity index (χ2v) is 2.98. The molecular formula is C10H15NO2. The molecule has 0 spiro atoms. The standard InChI is InChI=1S/C10H15NO2/c1-8-4-5-11-10(9(8)2)13-7-3-6-12/h4-5,12H,3,6-7H2,1-2H3. The Labute approximate surface area is 78.4 Å². The van der Waals surface area contributed by atoms with E-state index in [0.717, 1.165) is 5.56 Å². The third-order valence-corrected chi connectivity index (χ3v) is 1.97. The fourth-order valence-electron chi connectivity index (χ4n) is 0.986. The molecule has 0 saturated carbocycles. The van der Waals surface area contributed by atoms with Crippen molar-refractivity contribution in [2.45, 2.75) is 20.3 Å². The van der Waals surface area contributed by atoms with Crippen molar-refractivity contribution in [2.24, 2.45) is 0 Å². The van der Waals surface area contributed by atoms with Gasteiger partial charge in [-0.2, -0.15) is 0 Å². The van der Waals surface area contributed by atoms with Crippen LogP contribution in [0.2, 0.25) is 0 Å². The molecule has 3 heteroatoms. The minimum absolute atomic E-state index is 0.158. The van der Waals surface area contributed by atoms with Gasteiger partial charge in [0, 0.05) is 24.8 Å². The summed E-state index contributed by atoms with van der Waals surface area (Å²) in [6, 6.07) is 1.95. The van der Waals surface area contributed by atoms with Gasteiger partial charge in [-0.15, -0.1) is 0 Å². The van der Waals surface area contributed by atoms with Gasteiger partial charge in [0.05, 0.1) is 6.61 Å². The molecule has 0 aromatic carbocycles. The first kappa shape index (κ1) is 9.99. The van der Waals surface area contributed by atoms with Crippen molar-refractivity contribution in [2.75, 3.05) is 13.2 Å². The maximum atomic E-state index is 8.57. The average molecular weight is 181 g/mol. The Balaban J connectivity index is 2.61. The zero-order valence-corrected chi connectivity index (χ0v) is 8.08. The van der Waals surface area contributed by atoms with Crippen molar-refractivity contribution in [3.05, 3.63) is 23.4 Å². The number of hydrogen-bond acceptors (Lipinski definition) is 3. The van der Waals surface area contributed by atoms with Gasteiger partial charge in [0.1, 0.15) is 0 Å². The van der Waals surface area contributed by atoms with Crippen LogP contribution in [-0.2, 0) is 0 Å². The van der Waals surface area contributed by atoms with Crippen LogP contribution >= 0.6 is 0 Å². The quantitative estimate of drug-likeness (QED) is 0.715. The van der Waals surface area contributed by atoms with Crippen molar-refractivity contribution in [1.29, 1.82) is 0 Å². The number of aryl methyl sites for hydroxylation is 1. The first-order valence-corrected chi connectivity index (χ1v) is 4.41. The van der Waals surface area contributed by atoms with Gasteiger partial charge >= 0.3 is 0 Å². The summed E-state index contributed by atoms with van der Waals surface area (Å²) in [5.74, 6) is 0.674. The summed E-state index contributed by atoms with van der Waals surface area (Å²) in [6.07, 6.45) is 2.38. The molecule has 0 bridgehead atoms. The summed E-state index contributed by atoms with van der Waals surface area (Å²) in [5.41, 5.74) is 2.24. The first-order valence-electron chi connectivity index (χ1n) is 4.41. The van der Waals surface area contributed by atoms with E-state index in [1.54, 1.807) is 6.20 Å². The fourth-order valence-corrected chi connectivity index (χ4v) is 0.986. The highest BCUT2D eigenvalue weighted by molar-refractivity contribution is 5.31. The SMILES string of the molecule is Cc1ccnc(OCCCO)c1C. The average Bonchev–Trinajstić information content (AvgIpc) is 2.13. The van der Waals surface area contributed by atoms with E-state index in [-0.39, 0.29) is 6.61 Å². The normalized spacial score (nSPS) is 10.1. The maximum Gasteiger partial charge on any atom is 0.216 e. The molecule has 0 aliphatic carbocycles. The van der Waals surface area contributed by atoms with E-state index in [0.29, 0.717) is 18.9 Å². The number of ether oxygens (including phenoxy) is 1. The lowest BCUT2D eigenvalue weighted by Gasteiger charge is -2.08. The van der Waals surface area contributed by atoms with Gasteiger partial charge in [-0.25, -0.2) is 4.98 Å². The molecule has 1 heterocycles. The third-order valence-electron chi connectivity index (χ3n) is 1.97. The Morgan fingerprint density at radius 3 is 2.92 bits per heavy atom. The maximum absolute atomic E-state index is 8.57. The fraction of sp³-hybridized carbons (Fsp3) is 0.500. The zero-order chi connectivity index (χ0) is 9.68. The highest BCUT2D eigenvalue weighted by Crippen LogP contribution is 2.16. The minimum Gasteiger partial charge on any atom is -0.477 e. The summed E-state index contributed by atoms with van der Waals surface area (Å²) in [4.78, 5) is 4.11. The van der Waals surface area contributed by atoms with Crippen molar-refractivity contribution in [3.8, 4) is 5.88 Å². The summed E-state index contributed by atoms with van der Waals surface area (Å²) in [5, 5.41) is 8.57. The topological polar surface area (TPSA) is 42.4 Å². The number of hydrogen-bond donors (Lipinski definition) is 1. The van der Waals surface area contributed by atoms with E-state index in [9.17, 15) is 0 Å². The van der Waals surface area contributed by atoms with Crippen LogP contribution in [0.3, 0.4) is 0 Å². The van der Waals surface area contributed by atoms with E-state index in [1.165, 1.54) is 5.56 Å². The molecule has 1 rings (SSSR count). The van der Waals surface area contributed by atoms with Gasteiger partial charge in [-0.1, -0.05) is 0 Å². The highest BCUT2D eigenvalue weighted by atomic mass is 16.5. The van der Waals surface area contributed by atoms with Crippen molar-refractivity contribution in [1.82, 2.24) is 4.98 Å². The number of aliphatic hydroxyl groups excluding tert-OH is 1. The molecule has 1 aromatic rings. The van der Waals surface area contributed by atoms with Crippen LogP contribution < -0.4 is 4.74 Å². The van der Waals surface area contributed by atoms with Crippen LogP contribution in [-0.4, -0.2) is 23.3 Å². The molecule has 13 heavy (non-hydrogen) atoms. The molecule has 0 amide bonds. The zero-order valence-electron chi connectivity index (χ0n) is 8.08. The predicted molar refractivity (Wildman–Crippen MR) is 50.9 cm³/mol. The molecule has 72 valence electrons. The van der Waals surface area contributed by atoms with Gasteiger partial charge < -0.3 is 9.84 Å². The van der Waals surface area contributed by atoms with E-state index >= 15 is 0 Å². The smallest absolute Gasteiger partial charge is 0.216 e. The second-order valence-electron chi connectivity index (χ2n) is 2.98. The number of rotatable bonds is 4. The van der Waals surface area contributed by atoms with E-state index in [4.69, 9.17) is 9.84 Å². The van der Waals surface area contributed by atoms with E-state index < -0.39 is 0 Å². The molecule has 0 radical (unpaired) electrons. The van der Waals surface area contributed by atoms with Crippen LogP contribution in [0.4, 0.5) is 0 Å². The summed E-state index contributed by atoms with van der Waals surface area (Å²) < 4.78 is 5.39. The molecule has 1 aromatic heterocycles. The summed E-state index contributed by atoms with van der Waals surface area (Å²) in [7, 11) is 0. The van der Waals surface area contributed by atoms with Crippen molar-refractivity contribution >= 4 is 0 Å². The van der Waals surface area contributed by atoms with Crippen molar-refractivity contribution in [3.63, 3.8) is 0 Å². The van der Waals surface area contributed by atoms with Crippen LogP contribution in [0.5, 0.6) is 5.88 Å². The third kappa shape index (κ3) is 2.70. The van der Waals surface area contributed by atoms with Gasteiger partial charge in [0.25, 0.3) is 0 Å². The van der Waals surface area contributed by atoms with Crippen LogP contribution in [0.15, 0.2) is 12.3 Å². The Kier molecular flexibility index (Phi) is 3.71. The summed E-state index contributed by atoms with van der Waals surface area (Å²) >= 11 is 0.